The van der Waals surface area contributed by atoms with Crippen LogP contribution in [0.15, 0.2) is 36.7 Å². The average Bonchev–Trinajstić information content (AvgIpc) is 2.65. The fraction of sp³-hybridized carbons (Fsp3) is 0. The van der Waals surface area contributed by atoms with Crippen LogP contribution in [0.2, 0.25) is 0 Å². The summed E-state index contributed by atoms with van der Waals surface area (Å²) >= 11 is 0. The van der Waals surface area contributed by atoms with Crippen molar-refractivity contribution < 1.29 is 4.79 Å². The number of nitrogens with two attached hydrogens (primary N) is 1. The van der Waals surface area contributed by atoms with E-state index in [1.54, 1.807) is 24.3 Å². The first-order valence-corrected chi connectivity index (χ1v) is 4.04. The number of benzene rings is 1. The maximum Gasteiger partial charge on any atom is 0.279 e. The molecule has 0 aliphatic carbocycles. The number of nitrogens with zero attached hydrogens (tertiary/aromatic N) is 3. The molecule has 0 saturated carbocycles. The number of carbonyl (C=O) groups is 1. The molecule has 5 heteroatoms. The lowest BCUT2D eigenvalue weighted by molar-refractivity contribution is 0.0945. The summed E-state index contributed by atoms with van der Waals surface area (Å²) in [5, 5.41) is 3.72. The van der Waals surface area contributed by atoms with Gasteiger partial charge in [0, 0.05) is 5.56 Å². The second-order valence-electron chi connectivity index (χ2n) is 2.72. The molecule has 0 spiro atoms. The fourth-order valence-electron chi connectivity index (χ4n) is 1.09. The Morgan fingerprint density at radius 1 is 1.29 bits per heavy atom. The fourth-order valence-corrected chi connectivity index (χ4v) is 1.09. The molecule has 1 aromatic heterocycles. The largest absolute Gasteiger partial charge is 0.366 e. The zero-order chi connectivity index (χ0) is 9.97. The Labute approximate surface area is 80.2 Å². The van der Waals surface area contributed by atoms with Gasteiger partial charge in [0.2, 0.25) is 5.95 Å². The number of nitrogen functional groups attached to an aromatic ring is 1. The van der Waals surface area contributed by atoms with Gasteiger partial charge < -0.3 is 5.73 Å². The average molecular weight is 188 g/mol. The van der Waals surface area contributed by atoms with Gasteiger partial charge in [-0.25, -0.2) is 4.98 Å². The van der Waals surface area contributed by atoms with Crippen LogP contribution in [0, 0.1) is 0 Å². The van der Waals surface area contributed by atoms with E-state index in [1.165, 1.54) is 6.33 Å². The van der Waals surface area contributed by atoms with Crippen molar-refractivity contribution in [1.82, 2.24) is 14.8 Å². The molecular weight excluding hydrogens is 180 g/mol. The number of carbonyl (C=O) groups excluding carboxylic acids is 1. The van der Waals surface area contributed by atoms with Crippen LogP contribution in [0.25, 0.3) is 0 Å². The molecule has 14 heavy (non-hydrogen) atoms. The van der Waals surface area contributed by atoms with Crippen LogP contribution in [-0.2, 0) is 0 Å². The Hall–Kier alpha value is -2.17. The van der Waals surface area contributed by atoms with Gasteiger partial charge in [-0.1, -0.05) is 18.2 Å². The standard InChI is InChI=1S/C9H8N4O/c10-9-11-6-13(12-9)8(14)7-4-2-1-3-5-7/h1-6H,(H2,10,12). The zero-order valence-electron chi connectivity index (χ0n) is 7.29. The molecule has 0 unspecified atom stereocenters. The lowest BCUT2D eigenvalue weighted by Gasteiger charge is -1.97. The third kappa shape index (κ3) is 1.47. The summed E-state index contributed by atoms with van der Waals surface area (Å²) in [5.74, 6) is -0.149. The third-order valence-corrected chi connectivity index (χ3v) is 1.74. The maximum atomic E-state index is 11.7. The molecule has 0 bridgehead atoms. The van der Waals surface area contributed by atoms with E-state index in [9.17, 15) is 4.79 Å². The van der Waals surface area contributed by atoms with E-state index >= 15 is 0 Å². The van der Waals surface area contributed by atoms with E-state index in [0.29, 0.717) is 5.56 Å². The predicted octanol–water partition coefficient (Wildman–Crippen LogP) is 0.549. The first kappa shape index (κ1) is 8.43. The van der Waals surface area contributed by atoms with Gasteiger partial charge >= 0.3 is 0 Å². The number of hydrogen-bond acceptors (Lipinski definition) is 4. The second kappa shape index (κ2) is 3.29. The Morgan fingerprint density at radius 2 is 2.00 bits per heavy atom. The van der Waals surface area contributed by atoms with E-state index in [1.807, 2.05) is 6.07 Å². The third-order valence-electron chi connectivity index (χ3n) is 1.74. The summed E-state index contributed by atoms with van der Waals surface area (Å²) in [6.07, 6.45) is 1.30. The first-order valence-electron chi connectivity index (χ1n) is 4.04. The van der Waals surface area contributed by atoms with Crippen molar-refractivity contribution in [3.8, 4) is 0 Å². The molecule has 5 nitrogen and oxygen atoms in total. The van der Waals surface area contributed by atoms with Gasteiger partial charge in [0.1, 0.15) is 6.33 Å². The minimum absolute atomic E-state index is 0.0919. The van der Waals surface area contributed by atoms with E-state index in [4.69, 9.17) is 5.73 Å². The van der Waals surface area contributed by atoms with E-state index in [0.717, 1.165) is 4.68 Å². The van der Waals surface area contributed by atoms with Gasteiger partial charge in [0.05, 0.1) is 0 Å². The van der Waals surface area contributed by atoms with Crippen LogP contribution in [0.1, 0.15) is 10.4 Å². The SMILES string of the molecule is Nc1ncn(C(=O)c2ccccc2)n1. The Morgan fingerprint density at radius 3 is 2.57 bits per heavy atom. The Bertz CT molecular complexity index is 449. The van der Waals surface area contributed by atoms with Gasteiger partial charge in [-0.15, -0.1) is 5.10 Å². The second-order valence-corrected chi connectivity index (χ2v) is 2.72. The Balaban J connectivity index is 2.34. The normalized spacial score (nSPS) is 10.0. The molecule has 1 aromatic carbocycles. The summed E-state index contributed by atoms with van der Waals surface area (Å²) in [6, 6.07) is 8.83. The molecule has 2 rings (SSSR count). The summed E-state index contributed by atoms with van der Waals surface area (Å²) in [5.41, 5.74) is 5.85. The van der Waals surface area contributed by atoms with E-state index < -0.39 is 0 Å². The van der Waals surface area contributed by atoms with Crippen LogP contribution in [0.5, 0.6) is 0 Å². The molecule has 1 heterocycles. The zero-order valence-corrected chi connectivity index (χ0v) is 7.29. The summed E-state index contributed by atoms with van der Waals surface area (Å²) < 4.78 is 1.12. The smallest absolute Gasteiger partial charge is 0.279 e. The van der Waals surface area contributed by atoms with Crippen molar-refractivity contribution in [2.45, 2.75) is 0 Å². The number of anilines is 1. The molecule has 0 aliphatic heterocycles. The molecule has 0 radical (unpaired) electrons. The Kier molecular flexibility index (Phi) is 1.98. The highest BCUT2D eigenvalue weighted by Crippen LogP contribution is 2.01. The highest BCUT2D eigenvalue weighted by molar-refractivity contribution is 5.95. The van der Waals surface area contributed by atoms with E-state index in [2.05, 4.69) is 10.1 Å². The molecule has 0 atom stereocenters. The molecule has 70 valence electrons. The number of rotatable bonds is 1. The van der Waals surface area contributed by atoms with Gasteiger partial charge in [-0.3, -0.25) is 4.79 Å². The number of hydrogen-bond donors (Lipinski definition) is 1. The van der Waals surface area contributed by atoms with Gasteiger partial charge in [0.25, 0.3) is 5.91 Å². The minimum Gasteiger partial charge on any atom is -0.366 e. The summed E-state index contributed by atoms with van der Waals surface area (Å²) in [4.78, 5) is 15.3. The van der Waals surface area contributed by atoms with Gasteiger partial charge in [0.15, 0.2) is 0 Å². The van der Waals surface area contributed by atoms with Gasteiger partial charge in [-0.05, 0) is 12.1 Å². The van der Waals surface area contributed by atoms with Crippen molar-refractivity contribution in [2.24, 2.45) is 0 Å². The van der Waals surface area contributed by atoms with Crippen LogP contribution >= 0.6 is 0 Å². The lowest BCUT2D eigenvalue weighted by atomic mass is 10.2. The molecule has 2 N–H and O–H groups in total. The van der Waals surface area contributed by atoms with Crippen molar-refractivity contribution in [1.29, 1.82) is 0 Å². The maximum absolute atomic E-state index is 11.7. The lowest BCUT2D eigenvalue weighted by Crippen LogP contribution is -2.12. The number of aromatic nitrogens is 3. The molecule has 2 aromatic rings. The predicted molar refractivity (Wildman–Crippen MR) is 50.6 cm³/mol. The molecular formula is C9H8N4O. The van der Waals surface area contributed by atoms with Crippen LogP contribution in [-0.4, -0.2) is 20.7 Å². The molecule has 0 amide bonds. The first-order chi connectivity index (χ1) is 6.77. The van der Waals surface area contributed by atoms with Crippen molar-refractivity contribution in [3.05, 3.63) is 42.2 Å². The van der Waals surface area contributed by atoms with Crippen LogP contribution < -0.4 is 5.73 Å². The topological polar surface area (TPSA) is 73.8 Å². The van der Waals surface area contributed by atoms with Crippen LogP contribution in [0.4, 0.5) is 5.95 Å². The van der Waals surface area contributed by atoms with E-state index in [-0.39, 0.29) is 11.9 Å². The molecule has 0 fully saturated rings. The molecule has 0 saturated heterocycles. The van der Waals surface area contributed by atoms with Gasteiger partial charge in [-0.2, -0.15) is 4.68 Å². The summed E-state index contributed by atoms with van der Waals surface area (Å²) in [7, 11) is 0. The van der Waals surface area contributed by atoms with Crippen molar-refractivity contribution >= 4 is 11.9 Å². The van der Waals surface area contributed by atoms with Crippen LogP contribution in [0.3, 0.4) is 0 Å². The minimum atomic E-state index is -0.241. The van der Waals surface area contributed by atoms with Crippen molar-refractivity contribution in [2.75, 3.05) is 5.73 Å². The monoisotopic (exact) mass is 188 g/mol. The highest BCUT2D eigenvalue weighted by atomic mass is 16.2. The summed E-state index contributed by atoms with van der Waals surface area (Å²) in [6.45, 7) is 0. The quantitative estimate of drug-likeness (QED) is 0.709. The highest BCUT2D eigenvalue weighted by Gasteiger charge is 2.08. The molecule has 0 aliphatic rings. The van der Waals surface area contributed by atoms with Crippen molar-refractivity contribution in [3.63, 3.8) is 0 Å².